The molecule has 1 unspecified atom stereocenters. The van der Waals surface area contributed by atoms with Crippen molar-refractivity contribution in [2.45, 2.75) is 12.5 Å². The van der Waals surface area contributed by atoms with E-state index >= 15 is 0 Å². The zero-order chi connectivity index (χ0) is 25.7. The summed E-state index contributed by atoms with van der Waals surface area (Å²) in [7, 11) is 3.06. The number of benzene rings is 3. The van der Waals surface area contributed by atoms with Gasteiger partial charge in [0.05, 0.1) is 26.3 Å². The van der Waals surface area contributed by atoms with Gasteiger partial charge in [-0.1, -0.05) is 24.3 Å². The first-order chi connectivity index (χ1) is 17.4. The number of rotatable bonds is 7. The van der Waals surface area contributed by atoms with E-state index in [1.165, 1.54) is 24.1 Å². The summed E-state index contributed by atoms with van der Waals surface area (Å²) < 4.78 is 10.4. The van der Waals surface area contributed by atoms with Gasteiger partial charge in [-0.25, -0.2) is 5.01 Å². The number of hydrogen-bond donors (Lipinski definition) is 2. The summed E-state index contributed by atoms with van der Waals surface area (Å²) in [4.78, 5) is 40.8. The second-order valence-corrected chi connectivity index (χ2v) is 8.19. The fourth-order valence-corrected chi connectivity index (χ4v) is 4.09. The van der Waals surface area contributed by atoms with Crippen LogP contribution in [-0.2, 0) is 9.59 Å². The maximum absolute atomic E-state index is 13.3. The molecular formula is C26H24N4O5S. The normalized spacial score (nSPS) is 15.3. The first kappa shape index (κ1) is 24.7. The van der Waals surface area contributed by atoms with Crippen LogP contribution in [0.2, 0.25) is 0 Å². The number of nitrogens with one attached hydrogen (secondary N) is 2. The first-order valence-electron chi connectivity index (χ1n) is 11.0. The lowest BCUT2D eigenvalue weighted by Crippen LogP contribution is -2.65. The fraction of sp³-hybridized carbons (Fsp3) is 0.154. The molecule has 0 radical (unpaired) electrons. The Kier molecular flexibility index (Phi) is 7.45. The monoisotopic (exact) mass is 504 g/mol. The molecular weight excluding hydrogens is 480 g/mol. The van der Waals surface area contributed by atoms with Crippen molar-refractivity contribution in [1.29, 1.82) is 0 Å². The highest BCUT2D eigenvalue weighted by Crippen LogP contribution is 2.27. The molecule has 0 saturated carbocycles. The number of ether oxygens (including phenoxy) is 2. The Bertz CT molecular complexity index is 1280. The molecule has 1 fully saturated rings. The second-order valence-electron chi connectivity index (χ2n) is 7.83. The van der Waals surface area contributed by atoms with E-state index in [0.29, 0.717) is 28.4 Å². The SMILES string of the molecule is COc1ccc(N2C(=O)CC(C(=O)Nc3cccc(OC)c3)N(NC(=O)c3ccccc3)C2=S)cc1. The van der Waals surface area contributed by atoms with Gasteiger partial charge in [-0.2, -0.15) is 0 Å². The number of anilines is 2. The number of carbonyl (C=O) groups is 3. The predicted octanol–water partition coefficient (Wildman–Crippen LogP) is 3.38. The summed E-state index contributed by atoms with van der Waals surface area (Å²) in [5, 5.41) is 4.00. The summed E-state index contributed by atoms with van der Waals surface area (Å²) in [6.07, 6.45) is -0.225. The molecule has 4 rings (SSSR count). The van der Waals surface area contributed by atoms with Gasteiger partial charge in [-0.05, 0) is 60.7 Å². The minimum Gasteiger partial charge on any atom is -0.497 e. The van der Waals surface area contributed by atoms with Crippen molar-refractivity contribution in [1.82, 2.24) is 10.4 Å². The standard InChI is InChI=1S/C26H24N4O5S/c1-34-20-13-11-19(12-14-20)29-23(31)16-22(25(33)27-18-9-6-10-21(15-18)35-2)30(26(29)36)28-24(32)17-7-4-3-5-8-17/h3-15,22H,16H2,1-2H3,(H,27,33)(H,28,32). The Morgan fingerprint density at radius 3 is 2.28 bits per heavy atom. The van der Waals surface area contributed by atoms with Crippen molar-refractivity contribution in [3.05, 3.63) is 84.4 Å². The molecule has 1 atom stereocenters. The van der Waals surface area contributed by atoms with E-state index in [1.54, 1.807) is 78.9 Å². The van der Waals surface area contributed by atoms with Crippen LogP contribution in [0.1, 0.15) is 16.8 Å². The third kappa shape index (κ3) is 5.28. The quantitative estimate of drug-likeness (QED) is 0.476. The maximum Gasteiger partial charge on any atom is 0.269 e. The number of nitrogens with zero attached hydrogens (tertiary/aromatic N) is 2. The Balaban J connectivity index is 1.64. The predicted molar refractivity (Wildman–Crippen MR) is 139 cm³/mol. The third-order valence-corrected chi connectivity index (χ3v) is 5.93. The maximum atomic E-state index is 13.3. The van der Waals surface area contributed by atoms with Crippen molar-refractivity contribution < 1.29 is 23.9 Å². The topological polar surface area (TPSA) is 100 Å². The zero-order valence-electron chi connectivity index (χ0n) is 19.6. The van der Waals surface area contributed by atoms with Crippen molar-refractivity contribution in [3.63, 3.8) is 0 Å². The summed E-state index contributed by atoms with van der Waals surface area (Å²) in [6, 6.07) is 21.0. The van der Waals surface area contributed by atoms with E-state index in [2.05, 4.69) is 10.7 Å². The van der Waals surface area contributed by atoms with Crippen LogP contribution in [0.5, 0.6) is 11.5 Å². The first-order valence-corrected chi connectivity index (χ1v) is 11.4. The molecule has 3 amide bonds. The number of thiocarbonyl (C=S) groups is 1. The molecule has 3 aromatic carbocycles. The van der Waals surface area contributed by atoms with Gasteiger partial charge >= 0.3 is 0 Å². The van der Waals surface area contributed by atoms with Crippen LogP contribution < -0.4 is 25.1 Å². The molecule has 184 valence electrons. The Labute approximate surface area is 213 Å². The van der Waals surface area contributed by atoms with E-state index in [1.807, 2.05) is 0 Å². The molecule has 36 heavy (non-hydrogen) atoms. The summed E-state index contributed by atoms with van der Waals surface area (Å²) in [5.41, 5.74) is 4.05. The van der Waals surface area contributed by atoms with Gasteiger partial charge < -0.3 is 14.8 Å². The van der Waals surface area contributed by atoms with Gasteiger partial charge in [0.15, 0.2) is 0 Å². The molecule has 0 aromatic heterocycles. The smallest absolute Gasteiger partial charge is 0.269 e. The molecule has 3 aromatic rings. The average molecular weight is 505 g/mol. The Morgan fingerprint density at radius 2 is 1.61 bits per heavy atom. The molecule has 1 aliphatic rings. The van der Waals surface area contributed by atoms with E-state index in [-0.39, 0.29) is 17.4 Å². The molecule has 9 nitrogen and oxygen atoms in total. The van der Waals surface area contributed by atoms with Crippen molar-refractivity contribution >= 4 is 46.4 Å². The molecule has 1 heterocycles. The molecule has 0 spiro atoms. The number of methoxy groups -OCH3 is 2. The van der Waals surface area contributed by atoms with Crippen LogP contribution >= 0.6 is 12.2 Å². The minimum atomic E-state index is -1.08. The lowest BCUT2D eigenvalue weighted by atomic mass is 10.1. The number of carbonyl (C=O) groups excluding carboxylic acids is 3. The molecule has 10 heteroatoms. The summed E-state index contributed by atoms with van der Waals surface area (Å²) in [6.45, 7) is 0. The van der Waals surface area contributed by atoms with Crippen LogP contribution in [0.3, 0.4) is 0 Å². The van der Waals surface area contributed by atoms with Crippen molar-refractivity contribution in [3.8, 4) is 11.5 Å². The molecule has 0 aliphatic carbocycles. The highest BCUT2D eigenvalue weighted by atomic mass is 32.1. The van der Waals surface area contributed by atoms with Gasteiger partial charge in [0.2, 0.25) is 16.9 Å². The number of hydrogen-bond acceptors (Lipinski definition) is 6. The third-order valence-electron chi connectivity index (χ3n) is 5.55. The highest BCUT2D eigenvalue weighted by molar-refractivity contribution is 7.80. The highest BCUT2D eigenvalue weighted by Gasteiger charge is 2.42. The molecule has 1 aliphatic heterocycles. The molecule has 1 saturated heterocycles. The van der Waals surface area contributed by atoms with Crippen molar-refractivity contribution in [2.24, 2.45) is 0 Å². The molecule has 0 bridgehead atoms. The van der Waals surface area contributed by atoms with Crippen LogP contribution in [0.15, 0.2) is 78.9 Å². The van der Waals surface area contributed by atoms with Gasteiger partial charge in [-0.15, -0.1) is 0 Å². The lowest BCUT2D eigenvalue weighted by molar-refractivity contribution is -0.127. The van der Waals surface area contributed by atoms with Gasteiger partial charge in [0.25, 0.3) is 5.91 Å². The summed E-state index contributed by atoms with van der Waals surface area (Å²) in [5.74, 6) is -0.203. The van der Waals surface area contributed by atoms with E-state index < -0.39 is 17.9 Å². The van der Waals surface area contributed by atoms with Gasteiger partial charge in [0, 0.05) is 17.3 Å². The molecule has 2 N–H and O–H groups in total. The van der Waals surface area contributed by atoms with Gasteiger partial charge in [0.1, 0.15) is 17.5 Å². The van der Waals surface area contributed by atoms with Crippen molar-refractivity contribution in [2.75, 3.05) is 24.4 Å². The fourth-order valence-electron chi connectivity index (χ4n) is 3.71. The van der Waals surface area contributed by atoms with E-state index in [9.17, 15) is 14.4 Å². The largest absolute Gasteiger partial charge is 0.497 e. The number of hydrazine groups is 1. The zero-order valence-corrected chi connectivity index (χ0v) is 20.5. The van der Waals surface area contributed by atoms with Crippen LogP contribution in [0.4, 0.5) is 11.4 Å². The van der Waals surface area contributed by atoms with E-state index in [0.717, 1.165) is 0 Å². The van der Waals surface area contributed by atoms with Gasteiger partial charge in [-0.3, -0.25) is 24.7 Å². The second kappa shape index (κ2) is 10.9. The number of amides is 3. The summed E-state index contributed by atoms with van der Waals surface area (Å²) >= 11 is 5.62. The van der Waals surface area contributed by atoms with Crippen LogP contribution in [-0.4, -0.2) is 48.1 Å². The van der Waals surface area contributed by atoms with Crippen LogP contribution in [0.25, 0.3) is 0 Å². The Hall–Kier alpha value is -4.44. The average Bonchev–Trinajstić information content (AvgIpc) is 2.91. The van der Waals surface area contributed by atoms with E-state index in [4.69, 9.17) is 21.7 Å². The Morgan fingerprint density at radius 1 is 0.917 bits per heavy atom. The minimum absolute atomic E-state index is 0.0357. The lowest BCUT2D eigenvalue weighted by Gasteiger charge is -2.41. The van der Waals surface area contributed by atoms with Crippen LogP contribution in [0, 0.1) is 0 Å².